The number of carbonyl (C=O) groups is 10. The third-order valence-electron chi connectivity index (χ3n) is 14.6. The molecule has 10 atom stereocenters. The molecule has 0 saturated carbocycles. The van der Waals surface area contributed by atoms with E-state index in [0.717, 1.165) is 46.2 Å². The van der Waals surface area contributed by atoms with Crippen molar-refractivity contribution in [3.8, 4) is 28.7 Å². The van der Waals surface area contributed by atoms with Crippen LogP contribution in [0.2, 0.25) is 0 Å². The molecule has 5 aromatic carbocycles. The maximum Gasteiger partial charge on any atom is 0.238 e. The van der Waals surface area contributed by atoms with Crippen LogP contribution in [-0.4, -0.2) is 84.6 Å². The quantitative estimate of drug-likeness (QED) is 0.132. The van der Waals surface area contributed by atoms with E-state index >= 15 is 28.8 Å². The predicted octanol–water partition coefficient (Wildman–Crippen LogP) is 3.58. The molecule has 0 radical (unpaired) electrons. The Balaban J connectivity index is 1.18. The number of anilines is 5. The van der Waals surface area contributed by atoms with Crippen molar-refractivity contribution in [2.75, 3.05) is 24.5 Å². The van der Waals surface area contributed by atoms with Crippen molar-refractivity contribution in [1.29, 1.82) is 0 Å². The zero-order valence-electron chi connectivity index (χ0n) is 37.9. The summed E-state index contributed by atoms with van der Waals surface area (Å²) in [5, 5.41) is 50.7. The number of nitrogens with zero attached hydrogens (tertiary/aromatic N) is 5. The summed E-state index contributed by atoms with van der Waals surface area (Å²) in [6, 6.07) is 24.0. The van der Waals surface area contributed by atoms with Crippen molar-refractivity contribution in [3.05, 3.63) is 121 Å². The van der Waals surface area contributed by atoms with Gasteiger partial charge in [-0.2, -0.15) is 0 Å². The first-order chi connectivity index (χ1) is 34.3. The third kappa shape index (κ3) is 6.96. The van der Waals surface area contributed by atoms with Gasteiger partial charge in [-0.05, 0) is 121 Å². The van der Waals surface area contributed by atoms with E-state index in [1.54, 1.807) is 0 Å². The molecule has 10 amide bonds. The van der Waals surface area contributed by atoms with Gasteiger partial charge in [0.2, 0.25) is 59.1 Å². The third-order valence-corrected chi connectivity index (χ3v) is 14.6. The number of phenolic OH excluding ortho intramolecular Hbond substituents is 5. The molecule has 72 heavy (non-hydrogen) atoms. The second kappa shape index (κ2) is 17.0. The smallest absolute Gasteiger partial charge is 0.238 e. The number of phenols is 5. The van der Waals surface area contributed by atoms with Crippen LogP contribution in [0.15, 0.2) is 121 Å². The fourth-order valence-corrected chi connectivity index (χ4v) is 11.3. The van der Waals surface area contributed by atoms with Crippen LogP contribution in [0.5, 0.6) is 28.7 Å². The molecule has 5 aliphatic heterocycles. The van der Waals surface area contributed by atoms with Crippen LogP contribution in [0.25, 0.3) is 0 Å². The van der Waals surface area contributed by atoms with Crippen molar-refractivity contribution >= 4 is 87.5 Å². The lowest BCUT2D eigenvalue weighted by Gasteiger charge is -2.31. The van der Waals surface area contributed by atoms with Gasteiger partial charge in [0.05, 0.1) is 75.8 Å². The summed E-state index contributed by atoms with van der Waals surface area (Å²) in [6.07, 6.45) is 0. The first-order valence-corrected chi connectivity index (χ1v) is 22.7. The highest BCUT2D eigenvalue weighted by atomic mass is 16.3. The molecule has 5 heterocycles. The highest BCUT2D eigenvalue weighted by molar-refractivity contribution is 6.32. The van der Waals surface area contributed by atoms with Gasteiger partial charge in [-0.15, -0.1) is 0 Å². The fraction of sp³-hybridized carbons (Fsp3) is 0.231. The van der Waals surface area contributed by atoms with Crippen LogP contribution in [0, 0.1) is 59.2 Å². The molecule has 5 saturated heterocycles. The molecule has 0 aliphatic carbocycles. The topological polar surface area (TPSA) is 288 Å². The van der Waals surface area contributed by atoms with Crippen molar-refractivity contribution in [1.82, 2.24) is 0 Å². The van der Waals surface area contributed by atoms with Gasteiger partial charge in [0.25, 0.3) is 0 Å². The van der Waals surface area contributed by atoms with Gasteiger partial charge >= 0.3 is 0 Å². The molecule has 0 aromatic heterocycles. The average Bonchev–Trinajstić information content (AvgIpc) is 4.00. The number of hydrogen-bond donors (Lipinski definition) is 5. The minimum atomic E-state index is -2.15. The summed E-state index contributed by atoms with van der Waals surface area (Å²) in [7, 11) is 0. The van der Waals surface area contributed by atoms with Crippen molar-refractivity contribution in [2.24, 2.45) is 59.2 Å². The number of imide groups is 5. The lowest BCUT2D eigenvalue weighted by atomic mass is 9.64. The van der Waals surface area contributed by atoms with Crippen LogP contribution in [0.1, 0.15) is 13.8 Å². The molecule has 20 nitrogen and oxygen atoms in total. The second-order valence-electron chi connectivity index (χ2n) is 18.4. The minimum absolute atomic E-state index is 0.0113. The van der Waals surface area contributed by atoms with Crippen LogP contribution >= 0.6 is 0 Å². The molecule has 5 N–H and O–H groups in total. The summed E-state index contributed by atoms with van der Waals surface area (Å²) < 4.78 is 0. The Bertz CT molecular complexity index is 2990. The summed E-state index contributed by atoms with van der Waals surface area (Å²) >= 11 is 0. The molecule has 5 aromatic rings. The zero-order valence-corrected chi connectivity index (χ0v) is 37.9. The lowest BCUT2D eigenvalue weighted by Crippen LogP contribution is -2.46. The molecule has 20 heteroatoms. The fourth-order valence-electron chi connectivity index (χ4n) is 11.3. The SMILES string of the molecule is CC1C(=O)N(c2ccc(O)cc2)C(=O)C1C1C(=O)N(c2ccc(O)cc2)C(=O)C1C1C(=O)N(c2ccc(O)cc2)C(=O)C1C1C(=O)N(c2ccc(O)cc2)C(=O)C1C1C(=O)N(c2ccc(O)cc2)C(=O)C1C. The first kappa shape index (κ1) is 46.5. The van der Waals surface area contributed by atoms with Crippen LogP contribution < -0.4 is 24.5 Å². The molecule has 0 bridgehead atoms. The average molecular weight is 976 g/mol. The highest BCUT2D eigenvalue weighted by Crippen LogP contribution is 2.55. The van der Waals surface area contributed by atoms with E-state index in [2.05, 4.69) is 0 Å². The number of amides is 10. The van der Waals surface area contributed by atoms with E-state index < -0.39 is 118 Å². The number of carbonyl (C=O) groups excluding carboxylic acids is 10. The molecular weight excluding hydrogens is 935 g/mol. The van der Waals surface area contributed by atoms with Crippen molar-refractivity contribution in [2.45, 2.75) is 13.8 Å². The zero-order chi connectivity index (χ0) is 51.3. The standard InChI is InChI=1S/C52H41N5O15/c1-23-35(45(65)53(43(23)63)25-3-13-30(58)14-4-25)37-39(49(69)55(47(37)67)27-7-17-32(60)18-8-27)41-42(52(72)57(51(41)71)29-11-21-34(62)22-12-29)40-38(48(68)56(50(40)70)28-9-19-33(61)20-10-28)36-24(2)44(64)54(46(36)66)26-5-15-31(59)16-6-26/h3-24,35-42,58-62H,1-2H3. The Morgan fingerprint density at radius 3 is 0.556 bits per heavy atom. The Labute approximate surface area is 407 Å². The maximum atomic E-state index is 15.6. The van der Waals surface area contributed by atoms with Crippen LogP contribution in [0.4, 0.5) is 28.4 Å². The van der Waals surface area contributed by atoms with Crippen molar-refractivity contribution < 1.29 is 73.5 Å². The summed E-state index contributed by atoms with van der Waals surface area (Å²) in [6.45, 7) is 2.67. The molecule has 5 aliphatic rings. The van der Waals surface area contributed by atoms with E-state index in [9.17, 15) is 44.7 Å². The molecule has 0 spiro atoms. The number of rotatable bonds is 9. The van der Waals surface area contributed by atoms with Gasteiger partial charge < -0.3 is 25.5 Å². The Kier molecular flexibility index (Phi) is 11.0. The minimum Gasteiger partial charge on any atom is -0.508 e. The Morgan fingerprint density at radius 2 is 0.375 bits per heavy atom. The van der Waals surface area contributed by atoms with Gasteiger partial charge in [0, 0.05) is 11.8 Å². The van der Waals surface area contributed by atoms with Crippen molar-refractivity contribution in [3.63, 3.8) is 0 Å². The van der Waals surface area contributed by atoms with Gasteiger partial charge in [-0.25, -0.2) is 0 Å². The van der Waals surface area contributed by atoms with E-state index in [0.29, 0.717) is 14.7 Å². The van der Waals surface area contributed by atoms with E-state index in [1.807, 2.05) is 0 Å². The second-order valence-corrected chi connectivity index (χ2v) is 18.4. The van der Waals surface area contributed by atoms with Crippen LogP contribution in [-0.2, 0) is 47.9 Å². The molecule has 364 valence electrons. The predicted molar refractivity (Wildman–Crippen MR) is 249 cm³/mol. The van der Waals surface area contributed by atoms with Gasteiger partial charge in [0.1, 0.15) is 28.7 Å². The van der Waals surface area contributed by atoms with E-state index in [4.69, 9.17) is 0 Å². The monoisotopic (exact) mass is 975 g/mol. The van der Waals surface area contributed by atoms with Crippen LogP contribution in [0.3, 0.4) is 0 Å². The molecule has 5 fully saturated rings. The van der Waals surface area contributed by atoms with E-state index in [1.165, 1.54) is 98.8 Å². The van der Waals surface area contributed by atoms with E-state index in [-0.39, 0.29) is 57.2 Å². The molecule has 10 rings (SSSR count). The summed E-state index contributed by atoms with van der Waals surface area (Å²) in [4.78, 5) is 154. The normalized spacial score (nSPS) is 27.7. The molecular formula is C52H41N5O15. The number of benzene rings is 5. The Morgan fingerprint density at radius 1 is 0.236 bits per heavy atom. The number of aromatic hydroxyl groups is 5. The Hall–Kier alpha value is -9.20. The van der Waals surface area contributed by atoms with Gasteiger partial charge in [-0.3, -0.25) is 72.4 Å². The first-order valence-electron chi connectivity index (χ1n) is 22.7. The lowest BCUT2D eigenvalue weighted by molar-refractivity contribution is -0.141. The summed E-state index contributed by atoms with van der Waals surface area (Å²) in [5.41, 5.74) is -0.521. The highest BCUT2D eigenvalue weighted by Gasteiger charge is 2.71. The summed E-state index contributed by atoms with van der Waals surface area (Å²) in [5.74, 6) is -30.5. The molecule has 10 unspecified atom stereocenters. The van der Waals surface area contributed by atoms with Gasteiger partial charge in [-0.1, -0.05) is 13.8 Å². The maximum absolute atomic E-state index is 15.6. The number of hydrogen-bond acceptors (Lipinski definition) is 15. The largest absolute Gasteiger partial charge is 0.508 e. The van der Waals surface area contributed by atoms with Gasteiger partial charge in [0.15, 0.2) is 0 Å².